The minimum atomic E-state index is -0.325. The number of benzene rings is 2. The summed E-state index contributed by atoms with van der Waals surface area (Å²) in [5.41, 5.74) is 1.20. The molecule has 0 aliphatic rings. The summed E-state index contributed by atoms with van der Waals surface area (Å²) in [5, 5.41) is 16.1. The molecule has 0 saturated heterocycles. The molecule has 0 aliphatic heterocycles. The Labute approximate surface area is 115 Å². The highest BCUT2D eigenvalue weighted by atomic mass is 16.3. The van der Waals surface area contributed by atoms with E-state index < -0.39 is 0 Å². The number of hydrogen-bond acceptors (Lipinski definition) is 2. The lowest BCUT2D eigenvalue weighted by atomic mass is 9.86. The van der Waals surface area contributed by atoms with Crippen LogP contribution in [0.5, 0.6) is 0 Å². The van der Waals surface area contributed by atoms with E-state index >= 15 is 0 Å². The van der Waals surface area contributed by atoms with Crippen molar-refractivity contribution >= 4 is 10.8 Å². The molecule has 2 nitrogen and oxygen atoms in total. The molecule has 2 rings (SSSR count). The molecule has 0 heterocycles. The Bertz CT molecular complexity index is 536. The van der Waals surface area contributed by atoms with Crippen LogP contribution in [0.1, 0.15) is 25.3 Å². The molecule has 19 heavy (non-hydrogen) atoms. The lowest BCUT2D eigenvalue weighted by molar-refractivity contribution is 0.0961. The molecule has 0 unspecified atom stereocenters. The minimum Gasteiger partial charge on any atom is -0.392 e. The Hall–Kier alpha value is -1.38. The maximum absolute atomic E-state index is 10.4. The molecular weight excluding hydrogens is 234 g/mol. The van der Waals surface area contributed by atoms with Gasteiger partial charge in [-0.2, -0.15) is 0 Å². The summed E-state index contributed by atoms with van der Waals surface area (Å²) in [4.78, 5) is 0. The Morgan fingerprint density at radius 2 is 1.74 bits per heavy atom. The van der Waals surface area contributed by atoms with Crippen LogP contribution in [0.2, 0.25) is 0 Å². The lowest BCUT2D eigenvalue weighted by Crippen LogP contribution is -2.31. The predicted octanol–water partition coefficient (Wildman–Crippen LogP) is 3.16. The first kappa shape index (κ1) is 14.0. The van der Waals surface area contributed by atoms with Crippen molar-refractivity contribution in [3.8, 4) is 0 Å². The van der Waals surface area contributed by atoms with E-state index in [0.717, 1.165) is 6.54 Å². The molecule has 2 N–H and O–H groups in total. The van der Waals surface area contributed by atoms with Crippen molar-refractivity contribution in [1.82, 2.24) is 5.32 Å². The van der Waals surface area contributed by atoms with Crippen molar-refractivity contribution in [3.63, 3.8) is 0 Å². The fourth-order valence-electron chi connectivity index (χ4n) is 2.56. The van der Waals surface area contributed by atoms with E-state index in [1.807, 2.05) is 7.05 Å². The first-order valence-corrected chi connectivity index (χ1v) is 6.95. The summed E-state index contributed by atoms with van der Waals surface area (Å²) in [6.45, 7) is 4.92. The van der Waals surface area contributed by atoms with Crippen LogP contribution in [0.3, 0.4) is 0 Å². The Balaban J connectivity index is 2.38. The molecule has 0 bridgehead atoms. The second kappa shape index (κ2) is 6.18. The largest absolute Gasteiger partial charge is 0.392 e. The van der Waals surface area contributed by atoms with Crippen LogP contribution < -0.4 is 5.32 Å². The van der Waals surface area contributed by atoms with Gasteiger partial charge in [0.05, 0.1) is 6.10 Å². The number of aliphatic hydroxyl groups is 1. The van der Waals surface area contributed by atoms with Crippen LogP contribution in [0.15, 0.2) is 42.5 Å². The van der Waals surface area contributed by atoms with E-state index in [4.69, 9.17) is 0 Å². The summed E-state index contributed by atoms with van der Waals surface area (Å²) in [7, 11) is 1.93. The Morgan fingerprint density at radius 1 is 1.05 bits per heavy atom. The second-order valence-corrected chi connectivity index (χ2v) is 5.51. The smallest absolute Gasteiger partial charge is 0.0643 e. The third kappa shape index (κ3) is 3.14. The van der Waals surface area contributed by atoms with Crippen LogP contribution in [-0.2, 0) is 0 Å². The van der Waals surface area contributed by atoms with Gasteiger partial charge in [-0.05, 0) is 29.3 Å². The number of nitrogens with one attached hydrogen (secondary N) is 1. The van der Waals surface area contributed by atoms with Gasteiger partial charge >= 0.3 is 0 Å². The van der Waals surface area contributed by atoms with Gasteiger partial charge < -0.3 is 10.4 Å². The zero-order valence-electron chi connectivity index (χ0n) is 11.9. The number of rotatable bonds is 5. The fourth-order valence-corrected chi connectivity index (χ4v) is 2.56. The molecular formula is C17H23NO. The van der Waals surface area contributed by atoms with E-state index in [0.29, 0.717) is 0 Å². The van der Waals surface area contributed by atoms with Gasteiger partial charge in [0.25, 0.3) is 0 Å². The van der Waals surface area contributed by atoms with Crippen LogP contribution >= 0.6 is 0 Å². The first-order valence-electron chi connectivity index (χ1n) is 6.95. The SMILES string of the molecule is CNC[C@H](c1ccc2ccccc2c1)[C@H](O)C(C)C. The maximum atomic E-state index is 10.4. The minimum absolute atomic E-state index is 0.134. The van der Waals surface area contributed by atoms with Crippen LogP contribution in [-0.4, -0.2) is 24.8 Å². The number of fused-ring (bicyclic) bond motifs is 1. The average molecular weight is 257 g/mol. The van der Waals surface area contributed by atoms with Gasteiger partial charge in [-0.3, -0.25) is 0 Å². The molecule has 0 radical (unpaired) electrons. The summed E-state index contributed by atoms with van der Waals surface area (Å²) in [6.07, 6.45) is -0.325. The van der Waals surface area contributed by atoms with E-state index in [9.17, 15) is 5.11 Å². The zero-order valence-corrected chi connectivity index (χ0v) is 11.9. The maximum Gasteiger partial charge on any atom is 0.0643 e. The quantitative estimate of drug-likeness (QED) is 0.862. The van der Waals surface area contributed by atoms with Gasteiger partial charge in [-0.25, -0.2) is 0 Å². The van der Waals surface area contributed by atoms with Crippen molar-refractivity contribution in [3.05, 3.63) is 48.0 Å². The highest BCUT2D eigenvalue weighted by Crippen LogP contribution is 2.27. The van der Waals surface area contributed by atoms with E-state index in [1.54, 1.807) is 0 Å². The molecule has 0 spiro atoms. The van der Waals surface area contributed by atoms with Gasteiger partial charge in [0.1, 0.15) is 0 Å². The summed E-state index contributed by atoms with van der Waals surface area (Å²) in [5.74, 6) is 0.388. The monoisotopic (exact) mass is 257 g/mol. The number of aliphatic hydroxyl groups excluding tert-OH is 1. The summed E-state index contributed by atoms with van der Waals surface area (Å²) in [6, 6.07) is 14.8. The van der Waals surface area contributed by atoms with E-state index in [2.05, 4.69) is 61.6 Å². The summed E-state index contributed by atoms with van der Waals surface area (Å²) < 4.78 is 0. The van der Waals surface area contributed by atoms with Crippen molar-refractivity contribution in [2.24, 2.45) is 5.92 Å². The zero-order chi connectivity index (χ0) is 13.8. The highest BCUT2D eigenvalue weighted by Gasteiger charge is 2.23. The third-order valence-electron chi connectivity index (χ3n) is 3.72. The molecule has 2 heteroatoms. The Kier molecular flexibility index (Phi) is 4.56. The van der Waals surface area contributed by atoms with Crippen LogP contribution in [0.25, 0.3) is 10.8 Å². The normalized spacial score (nSPS) is 14.8. The van der Waals surface area contributed by atoms with Gasteiger partial charge in [-0.1, -0.05) is 56.3 Å². The van der Waals surface area contributed by atoms with Crippen molar-refractivity contribution in [1.29, 1.82) is 0 Å². The molecule has 0 aromatic heterocycles. The second-order valence-electron chi connectivity index (χ2n) is 5.51. The van der Waals surface area contributed by atoms with Crippen molar-refractivity contribution < 1.29 is 5.11 Å². The number of hydrogen-bond donors (Lipinski definition) is 2. The van der Waals surface area contributed by atoms with Gasteiger partial charge in [0, 0.05) is 12.5 Å². The summed E-state index contributed by atoms with van der Waals surface area (Å²) >= 11 is 0. The molecule has 0 saturated carbocycles. The standard InChI is InChI=1S/C17H23NO/c1-12(2)17(19)16(11-18-3)15-9-8-13-6-4-5-7-14(13)10-15/h4-10,12,16-19H,11H2,1-3H3/t16-,17-/m1/s1. The predicted molar refractivity (Wildman–Crippen MR) is 81.5 cm³/mol. The molecule has 0 aliphatic carbocycles. The van der Waals surface area contributed by atoms with Crippen LogP contribution in [0, 0.1) is 5.92 Å². The highest BCUT2D eigenvalue weighted by molar-refractivity contribution is 5.83. The Morgan fingerprint density at radius 3 is 2.37 bits per heavy atom. The fraction of sp³-hybridized carbons (Fsp3) is 0.412. The van der Waals surface area contributed by atoms with E-state index in [1.165, 1.54) is 16.3 Å². The topological polar surface area (TPSA) is 32.3 Å². The van der Waals surface area contributed by atoms with Crippen molar-refractivity contribution in [2.75, 3.05) is 13.6 Å². The van der Waals surface area contributed by atoms with E-state index in [-0.39, 0.29) is 17.9 Å². The lowest BCUT2D eigenvalue weighted by Gasteiger charge is -2.26. The van der Waals surface area contributed by atoms with Gasteiger partial charge in [0.15, 0.2) is 0 Å². The molecule has 2 aromatic carbocycles. The molecule has 102 valence electrons. The molecule has 2 atom stereocenters. The third-order valence-corrected chi connectivity index (χ3v) is 3.72. The first-order chi connectivity index (χ1) is 9.13. The molecule has 2 aromatic rings. The molecule has 0 fully saturated rings. The van der Waals surface area contributed by atoms with Gasteiger partial charge in [-0.15, -0.1) is 0 Å². The van der Waals surface area contributed by atoms with Crippen molar-refractivity contribution in [2.45, 2.75) is 25.9 Å². The number of likely N-dealkylation sites (N-methyl/N-ethyl adjacent to an activating group) is 1. The van der Waals surface area contributed by atoms with Gasteiger partial charge in [0.2, 0.25) is 0 Å². The molecule has 0 amide bonds. The average Bonchev–Trinajstić information content (AvgIpc) is 2.43. The van der Waals surface area contributed by atoms with Crippen LogP contribution in [0.4, 0.5) is 0 Å².